The summed E-state index contributed by atoms with van der Waals surface area (Å²) < 4.78 is 5.71. The second kappa shape index (κ2) is 5.38. The minimum Gasteiger partial charge on any atom is -0.373 e. The Labute approximate surface area is 149 Å². The molecule has 1 N–H and O–H groups in total. The maximum Gasteiger partial charge on any atom is 0.271 e. The Kier molecular flexibility index (Phi) is 3.34. The molecule has 1 aliphatic carbocycles. The summed E-state index contributed by atoms with van der Waals surface area (Å²) in [6.07, 6.45) is 4.27. The molecule has 4 aliphatic rings. The lowest BCUT2D eigenvalue weighted by molar-refractivity contribution is -0.145. The van der Waals surface area contributed by atoms with Gasteiger partial charge in [-0.25, -0.2) is 0 Å². The fourth-order valence-corrected chi connectivity index (χ4v) is 6.10. The summed E-state index contributed by atoms with van der Waals surface area (Å²) in [5.41, 5.74) is 4.29. The average molecular weight is 360 g/mol. The first-order valence-corrected chi connectivity index (χ1v) is 9.86. The van der Waals surface area contributed by atoms with Gasteiger partial charge in [0.2, 0.25) is 0 Å². The average Bonchev–Trinajstić information content (AvgIpc) is 3.34. The summed E-state index contributed by atoms with van der Waals surface area (Å²) in [7, 11) is 0. The summed E-state index contributed by atoms with van der Waals surface area (Å²) in [6, 6.07) is 0. The number of hydrazine groups is 1. The molecule has 5 rings (SSSR count). The van der Waals surface area contributed by atoms with Gasteiger partial charge in [-0.15, -0.1) is 11.3 Å². The molecule has 3 aliphatic heterocycles. The van der Waals surface area contributed by atoms with Gasteiger partial charge in [-0.3, -0.25) is 19.8 Å². The number of amides is 3. The molecule has 1 aromatic heterocycles. The number of ether oxygens (including phenoxy) is 1. The van der Waals surface area contributed by atoms with Crippen molar-refractivity contribution >= 4 is 29.1 Å². The number of thiophene rings is 1. The van der Waals surface area contributed by atoms with Crippen molar-refractivity contribution in [1.29, 1.82) is 0 Å². The molecule has 0 radical (unpaired) electrons. The van der Waals surface area contributed by atoms with Gasteiger partial charge in [0, 0.05) is 10.3 Å². The van der Waals surface area contributed by atoms with Crippen LogP contribution in [-0.4, -0.2) is 34.9 Å². The van der Waals surface area contributed by atoms with Crippen molar-refractivity contribution in [2.24, 2.45) is 17.8 Å². The predicted molar refractivity (Wildman–Crippen MR) is 89.7 cm³/mol. The van der Waals surface area contributed by atoms with Crippen molar-refractivity contribution in [3.8, 4) is 0 Å². The molecule has 132 valence electrons. The molecule has 3 amide bonds. The lowest BCUT2D eigenvalue weighted by atomic mass is 9.81. The van der Waals surface area contributed by atoms with Gasteiger partial charge in [-0.1, -0.05) is 6.92 Å². The standard InChI is InChI=1S/C18H20N2O4S/c1-8-2-3-9-10(7-25-13(9)6-8)16(21)19-20-17(22)14-11-4-5-12(24-11)15(14)18(20)23/h7-8,11-12,14-15H,2-6H2,1H3,(H,19,21)/t8-,11-,12-,14-,15+/m0/s1. The number of nitrogens with one attached hydrogen (secondary N) is 1. The third kappa shape index (κ3) is 2.15. The Hall–Kier alpha value is -1.73. The van der Waals surface area contributed by atoms with Crippen LogP contribution in [0.4, 0.5) is 0 Å². The second-order valence-corrected chi connectivity index (χ2v) is 8.66. The first-order valence-electron chi connectivity index (χ1n) is 8.98. The highest BCUT2D eigenvalue weighted by Crippen LogP contribution is 2.48. The molecule has 2 bridgehead atoms. The molecule has 0 unspecified atom stereocenters. The van der Waals surface area contributed by atoms with Crippen LogP contribution in [0.15, 0.2) is 5.38 Å². The van der Waals surface area contributed by atoms with Crippen LogP contribution in [0.2, 0.25) is 0 Å². The van der Waals surface area contributed by atoms with Crippen LogP contribution in [0.1, 0.15) is 47.0 Å². The Morgan fingerprint density at radius 3 is 2.56 bits per heavy atom. The zero-order valence-corrected chi connectivity index (χ0v) is 14.8. The van der Waals surface area contributed by atoms with Crippen molar-refractivity contribution < 1.29 is 19.1 Å². The normalized spacial score (nSPS) is 35.9. The van der Waals surface area contributed by atoms with E-state index in [-0.39, 0.29) is 29.9 Å². The molecule has 3 saturated heterocycles. The van der Waals surface area contributed by atoms with Crippen LogP contribution in [0, 0.1) is 17.8 Å². The molecule has 0 saturated carbocycles. The largest absolute Gasteiger partial charge is 0.373 e. The van der Waals surface area contributed by atoms with Crippen molar-refractivity contribution in [1.82, 2.24) is 10.4 Å². The third-order valence-electron chi connectivity index (χ3n) is 6.14. The Bertz CT molecular complexity index is 760. The topological polar surface area (TPSA) is 75.7 Å². The molecule has 3 fully saturated rings. The van der Waals surface area contributed by atoms with E-state index in [1.165, 1.54) is 4.88 Å². The summed E-state index contributed by atoms with van der Waals surface area (Å²) >= 11 is 1.60. The van der Waals surface area contributed by atoms with E-state index in [0.29, 0.717) is 11.5 Å². The van der Waals surface area contributed by atoms with Crippen LogP contribution < -0.4 is 5.43 Å². The zero-order valence-electron chi connectivity index (χ0n) is 14.0. The molecular weight excluding hydrogens is 340 g/mol. The van der Waals surface area contributed by atoms with Crippen LogP contribution >= 0.6 is 11.3 Å². The number of rotatable bonds is 2. The smallest absolute Gasteiger partial charge is 0.271 e. The van der Waals surface area contributed by atoms with E-state index < -0.39 is 11.8 Å². The second-order valence-electron chi connectivity index (χ2n) is 7.69. The summed E-state index contributed by atoms with van der Waals surface area (Å²) in [5.74, 6) is -1.16. The van der Waals surface area contributed by atoms with Gasteiger partial charge in [0.15, 0.2) is 0 Å². The van der Waals surface area contributed by atoms with Crippen LogP contribution in [0.3, 0.4) is 0 Å². The van der Waals surface area contributed by atoms with Crippen molar-refractivity contribution in [3.05, 3.63) is 21.4 Å². The number of carbonyl (C=O) groups excluding carboxylic acids is 3. The highest BCUT2D eigenvalue weighted by atomic mass is 32.1. The number of hydrogen-bond donors (Lipinski definition) is 1. The number of fused-ring (bicyclic) bond motifs is 6. The van der Waals surface area contributed by atoms with Crippen molar-refractivity contribution in [2.45, 2.75) is 51.2 Å². The van der Waals surface area contributed by atoms with E-state index in [1.807, 2.05) is 5.38 Å². The van der Waals surface area contributed by atoms with Gasteiger partial charge < -0.3 is 4.74 Å². The Balaban J connectivity index is 1.37. The number of carbonyl (C=O) groups is 3. The molecule has 0 aromatic carbocycles. The fourth-order valence-electron chi connectivity index (χ4n) is 4.85. The fraction of sp³-hybridized carbons (Fsp3) is 0.611. The predicted octanol–water partition coefficient (Wildman–Crippen LogP) is 1.68. The Morgan fingerprint density at radius 1 is 1.20 bits per heavy atom. The van der Waals surface area contributed by atoms with Crippen molar-refractivity contribution in [3.63, 3.8) is 0 Å². The third-order valence-corrected chi connectivity index (χ3v) is 7.20. The van der Waals surface area contributed by atoms with E-state index in [1.54, 1.807) is 11.3 Å². The lowest BCUT2D eigenvalue weighted by Gasteiger charge is -2.21. The van der Waals surface area contributed by atoms with Crippen LogP contribution in [-0.2, 0) is 27.2 Å². The molecule has 7 heteroatoms. The molecule has 5 atom stereocenters. The summed E-state index contributed by atoms with van der Waals surface area (Å²) in [4.78, 5) is 39.3. The molecule has 1 aromatic rings. The highest BCUT2D eigenvalue weighted by molar-refractivity contribution is 7.10. The monoisotopic (exact) mass is 360 g/mol. The molecule has 25 heavy (non-hydrogen) atoms. The van der Waals surface area contributed by atoms with Gasteiger partial charge >= 0.3 is 0 Å². The minimum atomic E-state index is -0.413. The maximum atomic E-state index is 12.7. The van der Waals surface area contributed by atoms with Gasteiger partial charge in [-0.2, -0.15) is 5.01 Å². The van der Waals surface area contributed by atoms with Gasteiger partial charge in [-0.05, 0) is 43.6 Å². The number of hydrogen-bond acceptors (Lipinski definition) is 5. The van der Waals surface area contributed by atoms with Gasteiger partial charge in [0.25, 0.3) is 17.7 Å². The first kappa shape index (κ1) is 15.5. The maximum absolute atomic E-state index is 12.7. The Morgan fingerprint density at radius 2 is 1.88 bits per heavy atom. The van der Waals surface area contributed by atoms with Gasteiger partial charge in [0.1, 0.15) is 0 Å². The quantitative estimate of drug-likeness (QED) is 0.814. The molecule has 6 nitrogen and oxygen atoms in total. The summed E-state index contributed by atoms with van der Waals surface area (Å²) in [5, 5.41) is 2.82. The molecular formula is C18H20N2O4S. The van der Waals surface area contributed by atoms with E-state index in [2.05, 4.69) is 12.3 Å². The number of imide groups is 1. The highest BCUT2D eigenvalue weighted by Gasteiger charge is 2.62. The molecule has 0 spiro atoms. The van der Waals surface area contributed by atoms with Gasteiger partial charge in [0.05, 0.1) is 29.6 Å². The first-order chi connectivity index (χ1) is 12.0. The van der Waals surface area contributed by atoms with E-state index >= 15 is 0 Å². The minimum absolute atomic E-state index is 0.163. The lowest BCUT2D eigenvalue weighted by Crippen LogP contribution is -2.48. The van der Waals surface area contributed by atoms with Crippen LogP contribution in [0.5, 0.6) is 0 Å². The van der Waals surface area contributed by atoms with E-state index in [4.69, 9.17) is 4.74 Å². The molecule has 4 heterocycles. The van der Waals surface area contributed by atoms with Crippen LogP contribution in [0.25, 0.3) is 0 Å². The summed E-state index contributed by atoms with van der Waals surface area (Å²) in [6.45, 7) is 2.22. The number of nitrogens with zero attached hydrogens (tertiary/aromatic N) is 1. The van der Waals surface area contributed by atoms with E-state index in [0.717, 1.165) is 42.7 Å². The van der Waals surface area contributed by atoms with E-state index in [9.17, 15) is 14.4 Å². The SMILES string of the molecule is C[C@H]1CCc2c(C(=O)NN3C(=O)[C@@H]4[C@H](C3=O)[C@@H]3CC[C@@H]4O3)csc2C1. The van der Waals surface area contributed by atoms with Crippen molar-refractivity contribution in [2.75, 3.05) is 0 Å². The zero-order chi connectivity index (χ0) is 17.3.